The van der Waals surface area contributed by atoms with Gasteiger partial charge in [-0.05, 0) is 38.7 Å². The van der Waals surface area contributed by atoms with Crippen LogP contribution in [0, 0.1) is 5.41 Å². The van der Waals surface area contributed by atoms with Crippen molar-refractivity contribution in [2.45, 2.75) is 53.5 Å². The SMILES string of the molecule is CC(C)(C)C/C=C\C(=O)NC(C)(C)C. The Morgan fingerprint density at radius 2 is 1.64 bits per heavy atom. The Kier molecular flexibility index (Phi) is 4.37. The van der Waals surface area contributed by atoms with E-state index in [9.17, 15) is 4.79 Å². The monoisotopic (exact) mass is 197 g/mol. The highest BCUT2D eigenvalue weighted by Crippen LogP contribution is 2.18. The molecule has 0 radical (unpaired) electrons. The molecule has 0 aromatic heterocycles. The van der Waals surface area contributed by atoms with Crippen molar-refractivity contribution in [2.75, 3.05) is 0 Å². The Labute approximate surface area is 87.8 Å². The lowest BCUT2D eigenvalue weighted by molar-refractivity contribution is -0.117. The highest BCUT2D eigenvalue weighted by Gasteiger charge is 2.11. The first kappa shape index (κ1) is 13.2. The fraction of sp³-hybridized carbons (Fsp3) is 0.750. The Balaban J connectivity index is 3.96. The van der Waals surface area contributed by atoms with Gasteiger partial charge in [-0.3, -0.25) is 4.79 Å². The van der Waals surface area contributed by atoms with E-state index < -0.39 is 0 Å². The summed E-state index contributed by atoms with van der Waals surface area (Å²) in [5.74, 6) is -0.0123. The summed E-state index contributed by atoms with van der Waals surface area (Å²) in [5, 5.41) is 2.88. The standard InChI is InChI=1S/C12H23NO/c1-11(2,3)9-7-8-10(14)13-12(4,5)6/h7-8H,9H2,1-6H3,(H,13,14)/b8-7-. The molecule has 2 nitrogen and oxygen atoms in total. The van der Waals surface area contributed by atoms with E-state index in [1.807, 2.05) is 26.8 Å². The average Bonchev–Trinajstić information content (AvgIpc) is 1.78. The van der Waals surface area contributed by atoms with Crippen molar-refractivity contribution in [1.82, 2.24) is 5.32 Å². The minimum Gasteiger partial charge on any atom is -0.348 e. The van der Waals surface area contributed by atoms with Gasteiger partial charge < -0.3 is 5.32 Å². The van der Waals surface area contributed by atoms with Gasteiger partial charge in [0.25, 0.3) is 0 Å². The van der Waals surface area contributed by atoms with Crippen molar-refractivity contribution in [1.29, 1.82) is 0 Å². The van der Waals surface area contributed by atoms with Gasteiger partial charge in [-0.2, -0.15) is 0 Å². The number of rotatable bonds is 2. The number of nitrogens with one attached hydrogen (secondary N) is 1. The van der Waals surface area contributed by atoms with Gasteiger partial charge >= 0.3 is 0 Å². The van der Waals surface area contributed by atoms with E-state index in [1.54, 1.807) is 6.08 Å². The van der Waals surface area contributed by atoms with Crippen LogP contribution in [0.2, 0.25) is 0 Å². The Morgan fingerprint density at radius 1 is 1.14 bits per heavy atom. The number of carbonyl (C=O) groups excluding carboxylic acids is 1. The molecule has 0 aliphatic rings. The van der Waals surface area contributed by atoms with Gasteiger partial charge in [0.1, 0.15) is 0 Å². The highest BCUT2D eigenvalue weighted by molar-refractivity contribution is 5.87. The third-order valence-corrected chi connectivity index (χ3v) is 1.50. The van der Waals surface area contributed by atoms with Crippen molar-refractivity contribution in [3.8, 4) is 0 Å². The molecule has 0 atom stereocenters. The molecule has 1 N–H and O–H groups in total. The van der Waals surface area contributed by atoms with Crippen LogP contribution in [0.5, 0.6) is 0 Å². The van der Waals surface area contributed by atoms with Crippen LogP contribution < -0.4 is 5.32 Å². The summed E-state index contributed by atoms with van der Waals surface area (Å²) in [6.45, 7) is 12.4. The minimum atomic E-state index is -0.150. The van der Waals surface area contributed by atoms with Crippen molar-refractivity contribution >= 4 is 5.91 Å². The zero-order valence-electron chi connectivity index (χ0n) is 10.3. The van der Waals surface area contributed by atoms with Gasteiger partial charge in [0.15, 0.2) is 0 Å². The van der Waals surface area contributed by atoms with E-state index in [2.05, 4.69) is 26.1 Å². The predicted molar refractivity (Wildman–Crippen MR) is 61.1 cm³/mol. The quantitative estimate of drug-likeness (QED) is 0.678. The Morgan fingerprint density at radius 3 is 2.00 bits per heavy atom. The first-order chi connectivity index (χ1) is 6.10. The summed E-state index contributed by atoms with van der Waals surface area (Å²) >= 11 is 0. The predicted octanol–water partition coefficient (Wildman–Crippen LogP) is 2.89. The van der Waals surface area contributed by atoms with E-state index in [0.717, 1.165) is 6.42 Å². The summed E-state index contributed by atoms with van der Waals surface area (Å²) in [7, 11) is 0. The molecule has 0 saturated heterocycles. The second-order valence-corrected chi connectivity index (χ2v) is 5.91. The lowest BCUT2D eigenvalue weighted by Gasteiger charge is -2.19. The Hall–Kier alpha value is -0.790. The molecule has 0 fully saturated rings. The third-order valence-electron chi connectivity index (χ3n) is 1.50. The van der Waals surface area contributed by atoms with E-state index in [-0.39, 0.29) is 16.9 Å². The molecule has 0 unspecified atom stereocenters. The zero-order chi connectivity index (χ0) is 11.4. The number of hydrogen-bond donors (Lipinski definition) is 1. The molecule has 0 aliphatic carbocycles. The first-order valence-corrected chi connectivity index (χ1v) is 5.09. The molecule has 0 saturated carbocycles. The largest absolute Gasteiger partial charge is 0.348 e. The van der Waals surface area contributed by atoms with Gasteiger partial charge in [-0.1, -0.05) is 26.8 Å². The summed E-state index contributed by atoms with van der Waals surface area (Å²) in [5.41, 5.74) is 0.0989. The molecule has 0 bridgehead atoms. The van der Waals surface area contributed by atoms with Gasteiger partial charge in [-0.15, -0.1) is 0 Å². The van der Waals surface area contributed by atoms with Gasteiger partial charge in [0, 0.05) is 5.54 Å². The van der Waals surface area contributed by atoms with Crippen LogP contribution in [0.4, 0.5) is 0 Å². The van der Waals surface area contributed by atoms with Gasteiger partial charge in [0.05, 0.1) is 0 Å². The molecular weight excluding hydrogens is 174 g/mol. The second-order valence-electron chi connectivity index (χ2n) is 5.91. The molecule has 0 aliphatic heterocycles. The molecule has 14 heavy (non-hydrogen) atoms. The fourth-order valence-electron chi connectivity index (χ4n) is 0.931. The molecule has 0 spiro atoms. The zero-order valence-corrected chi connectivity index (χ0v) is 10.3. The fourth-order valence-corrected chi connectivity index (χ4v) is 0.931. The summed E-state index contributed by atoms with van der Waals surface area (Å²) in [4.78, 5) is 11.3. The smallest absolute Gasteiger partial charge is 0.244 e. The van der Waals surface area contributed by atoms with Gasteiger partial charge in [-0.25, -0.2) is 0 Å². The molecule has 0 aromatic rings. The van der Waals surface area contributed by atoms with E-state index in [0.29, 0.717) is 0 Å². The molecule has 82 valence electrons. The summed E-state index contributed by atoms with van der Waals surface area (Å²) in [6, 6.07) is 0. The normalized spacial score (nSPS) is 13.3. The van der Waals surface area contributed by atoms with E-state index in [1.165, 1.54) is 0 Å². The third kappa shape index (κ3) is 9.30. The Bertz CT molecular complexity index is 215. The number of amides is 1. The van der Waals surface area contributed by atoms with Crippen LogP contribution in [-0.2, 0) is 4.79 Å². The number of allylic oxidation sites excluding steroid dienone is 1. The van der Waals surface area contributed by atoms with Crippen LogP contribution in [0.15, 0.2) is 12.2 Å². The number of carbonyl (C=O) groups is 1. The van der Waals surface area contributed by atoms with E-state index in [4.69, 9.17) is 0 Å². The topological polar surface area (TPSA) is 29.1 Å². The van der Waals surface area contributed by atoms with Gasteiger partial charge in [0.2, 0.25) is 5.91 Å². The molecule has 1 amide bonds. The molecule has 2 heteroatoms. The van der Waals surface area contributed by atoms with Crippen molar-refractivity contribution in [3.05, 3.63) is 12.2 Å². The summed E-state index contributed by atoms with van der Waals surface area (Å²) in [6.07, 6.45) is 4.47. The lowest BCUT2D eigenvalue weighted by atomic mass is 9.92. The van der Waals surface area contributed by atoms with Crippen LogP contribution in [0.3, 0.4) is 0 Å². The van der Waals surface area contributed by atoms with Crippen molar-refractivity contribution in [3.63, 3.8) is 0 Å². The van der Waals surface area contributed by atoms with Crippen LogP contribution in [-0.4, -0.2) is 11.4 Å². The van der Waals surface area contributed by atoms with Crippen LogP contribution >= 0.6 is 0 Å². The van der Waals surface area contributed by atoms with E-state index >= 15 is 0 Å². The minimum absolute atomic E-state index is 0.0123. The van der Waals surface area contributed by atoms with Crippen molar-refractivity contribution < 1.29 is 4.79 Å². The maximum atomic E-state index is 11.3. The van der Waals surface area contributed by atoms with Crippen LogP contribution in [0.1, 0.15) is 48.0 Å². The highest BCUT2D eigenvalue weighted by atomic mass is 16.1. The second kappa shape index (κ2) is 4.63. The lowest BCUT2D eigenvalue weighted by Crippen LogP contribution is -2.39. The summed E-state index contributed by atoms with van der Waals surface area (Å²) < 4.78 is 0. The molecule has 0 rings (SSSR count). The van der Waals surface area contributed by atoms with Crippen molar-refractivity contribution in [2.24, 2.45) is 5.41 Å². The number of hydrogen-bond acceptors (Lipinski definition) is 1. The molecular formula is C12H23NO. The maximum absolute atomic E-state index is 11.3. The molecule has 0 aromatic carbocycles. The molecule has 0 heterocycles. The average molecular weight is 197 g/mol. The van der Waals surface area contributed by atoms with Crippen LogP contribution in [0.25, 0.3) is 0 Å². The maximum Gasteiger partial charge on any atom is 0.244 e. The first-order valence-electron chi connectivity index (χ1n) is 5.09.